The SMILES string of the molecule is [2H]c1c([2H])c([2H])c(N(c2ccccc2)c2ccc3c(c2)c2c([2H])c([2H])c([2H])c([2H])c2n3CCc2cc3c4c(c2)N(Cc2c(-c5ccccc5)cc(C(C)(C)C)cc2-c2ccccc2)c2cc(-c5cc(C(C)(C)C)cc(C(C)(C)C)c5)ccc2B4c2ccc(Cc4cc(C(C)(C)C)cc(C(C)(C)C)c4)cc2N3CCc2c(-c3ccccc3)cc(C(C)(C)C)cc2-c2ccccc2)c([2H])c1[2H]. The summed E-state index contributed by atoms with van der Waals surface area (Å²) < 4.78 is 86.5. The van der Waals surface area contributed by atoms with E-state index >= 15 is 0 Å². The lowest BCUT2D eigenvalue weighted by atomic mass is 9.33. The Labute approximate surface area is 758 Å². The van der Waals surface area contributed by atoms with Gasteiger partial charge in [-0.3, -0.25) is 0 Å². The Morgan fingerprint density at radius 1 is 0.288 bits per heavy atom. The fourth-order valence-corrected chi connectivity index (χ4v) is 18.9. The van der Waals surface area contributed by atoms with Crippen molar-refractivity contribution in [2.24, 2.45) is 0 Å². The molecule has 15 aromatic carbocycles. The Hall–Kier alpha value is -12.4. The molecule has 0 spiro atoms. The molecule has 1 aromatic heterocycles. The maximum atomic E-state index is 10.1. The van der Waals surface area contributed by atoms with Crippen molar-refractivity contribution in [3.05, 3.63) is 395 Å². The van der Waals surface area contributed by atoms with E-state index in [0.717, 1.165) is 72.8 Å². The summed E-state index contributed by atoms with van der Waals surface area (Å²) in [4.78, 5) is 7.02. The normalized spacial score (nSPS) is 14.0. The first-order valence-corrected chi connectivity index (χ1v) is 44.8. The van der Waals surface area contributed by atoms with Crippen LogP contribution in [0, 0.1) is 0 Å². The van der Waals surface area contributed by atoms with Crippen LogP contribution in [0.1, 0.15) is 198 Å². The van der Waals surface area contributed by atoms with Crippen LogP contribution in [0.2, 0.25) is 0 Å². The molecule has 2 aliphatic heterocycles. The molecule has 18 rings (SSSR count). The van der Waals surface area contributed by atoms with Crippen LogP contribution in [-0.2, 0) is 64.8 Å². The van der Waals surface area contributed by atoms with Gasteiger partial charge in [0.2, 0.25) is 0 Å². The summed E-state index contributed by atoms with van der Waals surface area (Å²) in [7, 11) is 0. The monoisotopic (exact) mass is 1640 g/mol. The third kappa shape index (κ3) is 16.7. The number of aromatic nitrogens is 1. The molecular weight excluding hydrogens is 1510 g/mol. The van der Waals surface area contributed by atoms with Gasteiger partial charge >= 0.3 is 0 Å². The van der Waals surface area contributed by atoms with Gasteiger partial charge in [-0.15, -0.1) is 0 Å². The minimum absolute atomic E-state index is 0.0576. The summed E-state index contributed by atoms with van der Waals surface area (Å²) in [6.07, 6.45) is 1.72. The fraction of sp³-hybridized carbons (Fsp3) is 0.250. The van der Waals surface area contributed by atoms with Crippen LogP contribution in [0.5, 0.6) is 0 Å². The molecule has 3 heterocycles. The zero-order chi connectivity index (χ0) is 95.1. The predicted octanol–water partition coefficient (Wildman–Crippen LogP) is 30.1. The molecule has 16 aromatic rings. The molecule has 0 unspecified atom stereocenters. The number of hydrogen-bond donors (Lipinski definition) is 0. The second-order valence-electron chi connectivity index (χ2n) is 41.1. The van der Waals surface area contributed by atoms with Crippen LogP contribution in [0.25, 0.3) is 77.4 Å². The van der Waals surface area contributed by atoms with Gasteiger partial charge in [0.15, 0.2) is 0 Å². The van der Waals surface area contributed by atoms with Gasteiger partial charge in [0.05, 0.1) is 12.3 Å². The van der Waals surface area contributed by atoms with Crippen LogP contribution >= 0.6 is 0 Å². The van der Waals surface area contributed by atoms with E-state index in [-0.39, 0.29) is 75.6 Å². The first-order valence-electron chi connectivity index (χ1n) is 49.3. The lowest BCUT2D eigenvalue weighted by molar-refractivity contribution is 0.567. The molecule has 125 heavy (non-hydrogen) atoms. The van der Waals surface area contributed by atoms with Crippen molar-refractivity contribution >= 4 is 84.7 Å². The minimum Gasteiger partial charge on any atom is -0.342 e. The van der Waals surface area contributed by atoms with Crippen LogP contribution in [0.15, 0.2) is 333 Å². The van der Waals surface area contributed by atoms with Crippen LogP contribution in [-0.4, -0.2) is 17.8 Å². The number of anilines is 7. The Kier molecular flexibility index (Phi) is 19.0. The highest BCUT2D eigenvalue weighted by molar-refractivity contribution is 7.00. The summed E-state index contributed by atoms with van der Waals surface area (Å²) >= 11 is 0. The van der Waals surface area contributed by atoms with E-state index in [2.05, 4.69) is 370 Å². The van der Waals surface area contributed by atoms with Crippen molar-refractivity contribution in [1.82, 2.24) is 4.57 Å². The molecule has 4 nitrogen and oxygen atoms in total. The average molecular weight is 1640 g/mol. The van der Waals surface area contributed by atoms with Gasteiger partial charge < -0.3 is 19.3 Å². The largest absolute Gasteiger partial charge is 0.342 e. The number of fused-ring (bicyclic) bond motifs is 7. The molecule has 0 bridgehead atoms. The smallest absolute Gasteiger partial charge is 0.252 e. The van der Waals surface area contributed by atoms with Crippen molar-refractivity contribution in [1.29, 1.82) is 0 Å². The zero-order valence-electron chi connectivity index (χ0n) is 85.2. The first kappa shape index (κ1) is 73.0. The Morgan fingerprint density at radius 2 is 0.720 bits per heavy atom. The predicted molar refractivity (Wildman–Crippen MR) is 540 cm³/mol. The van der Waals surface area contributed by atoms with Crippen molar-refractivity contribution in [2.45, 2.75) is 189 Å². The van der Waals surface area contributed by atoms with E-state index in [9.17, 15) is 8.22 Å². The maximum Gasteiger partial charge on any atom is 0.252 e. The van der Waals surface area contributed by atoms with Crippen LogP contribution < -0.4 is 31.1 Å². The van der Waals surface area contributed by atoms with Crippen molar-refractivity contribution in [3.63, 3.8) is 0 Å². The molecule has 0 saturated carbocycles. The van der Waals surface area contributed by atoms with Crippen molar-refractivity contribution in [2.75, 3.05) is 21.2 Å². The topological polar surface area (TPSA) is 14.7 Å². The zero-order valence-corrected chi connectivity index (χ0v) is 76.2. The van der Waals surface area contributed by atoms with Gasteiger partial charge in [0.25, 0.3) is 6.71 Å². The lowest BCUT2D eigenvalue weighted by Crippen LogP contribution is -2.62. The second-order valence-corrected chi connectivity index (χ2v) is 41.1. The summed E-state index contributed by atoms with van der Waals surface area (Å²) in [5, 5.41) is 0.827. The number of benzene rings is 15. The number of aryl methyl sites for hydroxylation is 2. The molecule has 0 aliphatic carbocycles. The number of rotatable bonds is 18. The van der Waals surface area contributed by atoms with Crippen LogP contribution in [0.4, 0.5) is 39.8 Å². The second kappa shape index (κ2) is 32.6. The lowest BCUT2D eigenvalue weighted by Gasteiger charge is -2.45. The van der Waals surface area contributed by atoms with Crippen molar-refractivity contribution < 1.29 is 12.3 Å². The van der Waals surface area contributed by atoms with Gasteiger partial charge in [0, 0.05) is 81.3 Å². The molecule has 0 N–H and O–H groups in total. The van der Waals surface area contributed by atoms with E-state index < -0.39 is 30.2 Å². The van der Waals surface area contributed by atoms with Crippen LogP contribution in [0.3, 0.4) is 0 Å². The molecule has 0 fully saturated rings. The van der Waals surface area contributed by atoms with Gasteiger partial charge in [-0.25, -0.2) is 0 Å². The van der Waals surface area contributed by atoms with E-state index in [4.69, 9.17) is 4.11 Å². The highest BCUT2D eigenvalue weighted by Crippen LogP contribution is 2.49. The van der Waals surface area contributed by atoms with Gasteiger partial charge in [-0.1, -0.05) is 385 Å². The first-order chi connectivity index (χ1) is 63.5. The quantitative estimate of drug-likeness (QED) is 0.0796. The molecule has 0 radical (unpaired) electrons. The van der Waals surface area contributed by atoms with E-state index in [1.165, 1.54) is 83.1 Å². The fourth-order valence-electron chi connectivity index (χ4n) is 18.9. The highest BCUT2D eigenvalue weighted by atomic mass is 15.2. The number of nitrogens with zero attached hydrogens (tertiary/aromatic N) is 4. The minimum atomic E-state index is -0.513. The highest BCUT2D eigenvalue weighted by Gasteiger charge is 2.44. The molecule has 624 valence electrons. The van der Waals surface area contributed by atoms with E-state index in [0.29, 0.717) is 65.5 Å². The number of hydrogen-bond acceptors (Lipinski definition) is 3. The molecule has 0 atom stereocenters. The molecule has 2 aliphatic rings. The summed E-state index contributed by atoms with van der Waals surface area (Å²) in [5.74, 6) is 0. The molecular formula is C120H121BN4. The summed E-state index contributed by atoms with van der Waals surface area (Å²) in [5.41, 5.74) is 33.9. The van der Waals surface area contributed by atoms with Gasteiger partial charge in [-0.2, -0.15) is 0 Å². The third-order valence-electron chi connectivity index (χ3n) is 26.1. The maximum absolute atomic E-state index is 10.1. The van der Waals surface area contributed by atoms with Crippen molar-refractivity contribution in [3.8, 4) is 55.6 Å². The van der Waals surface area contributed by atoms with E-state index in [1.54, 1.807) is 4.90 Å². The number of para-hydroxylation sites is 3. The molecule has 0 amide bonds. The van der Waals surface area contributed by atoms with Gasteiger partial charge in [0.1, 0.15) is 0 Å². The molecule has 0 saturated heterocycles. The Balaban J connectivity index is 0.940. The standard InChI is InChI=1S/C120H121BN4/c1-115(2,3)89-64-82(65-90(72-89)116(4,5)6)63-80-53-56-106-110(66-80)123(62-60-98-100(83-39-25-19-26-40-83)74-93(119(13,14)15)75-101(98)84-41-27-20-28-42-84)112-67-81(59-61-122-108-52-38-37-51-99(108)104-78-97(55-58-109(104)122)125(95-47-33-23-34-48-95)96-49-35-24-36-50-96)68-113-114(112)121(106)107-57-54-87(88-69-91(117(7,8)9)73-92(70-88)118(10,11)12)71-111(107)124(113)79-105-102(85-43-29-21-30-44-85)76-94(120(16,17)18)77-103(105)86-45-31-22-32-46-86/h19-58,64-78H,59-63,79H2,1-18H3/i23D,33D,34D,37D,38D,47D,48D,51D,52D. The molecule has 5 heteroatoms. The van der Waals surface area contributed by atoms with Gasteiger partial charge in [-0.05, 0) is 258 Å². The summed E-state index contributed by atoms with van der Waals surface area (Å²) in [6, 6.07) is 99.5. The third-order valence-corrected chi connectivity index (χ3v) is 26.1. The summed E-state index contributed by atoms with van der Waals surface area (Å²) in [6.45, 7) is 42.7. The Morgan fingerprint density at radius 3 is 1.22 bits per heavy atom. The Bertz CT molecular complexity index is 7070. The average Bonchev–Trinajstić information content (AvgIpc) is 1.10. The van der Waals surface area contributed by atoms with E-state index in [1.807, 2.05) is 48.5 Å².